The predicted octanol–water partition coefficient (Wildman–Crippen LogP) is 4.85. The van der Waals surface area contributed by atoms with Crippen molar-refractivity contribution in [1.82, 2.24) is 0 Å². The Morgan fingerprint density at radius 2 is 1.95 bits per heavy atom. The fraction of sp³-hybridized carbons (Fsp3) is 0.647. The Morgan fingerprint density at radius 3 is 2.58 bits per heavy atom. The van der Waals surface area contributed by atoms with Crippen LogP contribution in [0.2, 0.25) is 5.02 Å². The van der Waals surface area contributed by atoms with E-state index in [-0.39, 0.29) is 5.41 Å². The highest BCUT2D eigenvalue weighted by Crippen LogP contribution is 2.46. The quantitative estimate of drug-likeness (QED) is 0.821. The number of halogens is 1. The number of rotatable bonds is 2. The minimum atomic E-state index is -0.610. The molecule has 0 saturated heterocycles. The molecule has 0 heterocycles. The maximum absolute atomic E-state index is 11.2. The molecule has 1 nitrogen and oxygen atoms in total. The van der Waals surface area contributed by atoms with E-state index < -0.39 is 5.60 Å². The fourth-order valence-electron chi connectivity index (χ4n) is 3.64. The van der Waals surface area contributed by atoms with Crippen molar-refractivity contribution < 1.29 is 5.11 Å². The number of benzene rings is 1. The molecule has 0 aliphatic heterocycles. The lowest BCUT2D eigenvalue weighted by Gasteiger charge is -2.47. The molecule has 0 radical (unpaired) electrons. The minimum absolute atomic E-state index is 0.135. The summed E-state index contributed by atoms with van der Waals surface area (Å²) < 4.78 is 0. The first-order valence-corrected chi connectivity index (χ1v) is 7.66. The summed E-state index contributed by atoms with van der Waals surface area (Å²) in [4.78, 5) is 0. The molecule has 2 atom stereocenters. The third kappa shape index (κ3) is 3.32. The smallest absolute Gasteiger partial charge is 0.0721 e. The first-order valence-electron chi connectivity index (χ1n) is 7.29. The van der Waals surface area contributed by atoms with Crippen LogP contribution in [0.1, 0.15) is 52.0 Å². The summed E-state index contributed by atoms with van der Waals surface area (Å²) in [6.07, 6.45) is 5.03. The molecule has 2 unspecified atom stereocenters. The van der Waals surface area contributed by atoms with Crippen LogP contribution < -0.4 is 0 Å². The van der Waals surface area contributed by atoms with E-state index in [9.17, 15) is 5.11 Å². The monoisotopic (exact) mass is 280 g/mol. The molecule has 1 N–H and O–H groups in total. The summed E-state index contributed by atoms with van der Waals surface area (Å²) in [7, 11) is 0. The summed E-state index contributed by atoms with van der Waals surface area (Å²) in [5.41, 5.74) is 0.598. The van der Waals surface area contributed by atoms with Gasteiger partial charge >= 0.3 is 0 Å². The predicted molar refractivity (Wildman–Crippen MR) is 81.5 cm³/mol. The Balaban J connectivity index is 2.26. The van der Waals surface area contributed by atoms with Gasteiger partial charge in [0.1, 0.15) is 0 Å². The summed E-state index contributed by atoms with van der Waals surface area (Å²) >= 11 is 6.26. The van der Waals surface area contributed by atoms with E-state index in [0.29, 0.717) is 12.3 Å². The van der Waals surface area contributed by atoms with E-state index in [4.69, 9.17) is 11.6 Å². The molecule has 106 valence electrons. The van der Waals surface area contributed by atoms with Crippen LogP contribution in [0.4, 0.5) is 0 Å². The minimum Gasteiger partial charge on any atom is -0.389 e. The van der Waals surface area contributed by atoms with Gasteiger partial charge in [-0.15, -0.1) is 0 Å². The van der Waals surface area contributed by atoms with Gasteiger partial charge in [-0.1, -0.05) is 63.4 Å². The molecular formula is C17H25ClO. The van der Waals surface area contributed by atoms with E-state index in [1.807, 2.05) is 24.3 Å². The third-order valence-corrected chi connectivity index (χ3v) is 4.87. The van der Waals surface area contributed by atoms with Crippen molar-refractivity contribution in [3.8, 4) is 0 Å². The van der Waals surface area contributed by atoms with Crippen molar-refractivity contribution in [1.29, 1.82) is 0 Å². The summed E-state index contributed by atoms with van der Waals surface area (Å²) in [5.74, 6) is 0.338. The summed E-state index contributed by atoms with van der Waals surface area (Å²) in [5, 5.41) is 12.0. The second-order valence-corrected chi connectivity index (χ2v) is 7.44. The number of aliphatic hydroxyl groups is 1. The Hall–Kier alpha value is -0.530. The zero-order valence-electron chi connectivity index (χ0n) is 12.2. The Morgan fingerprint density at radius 1 is 1.26 bits per heavy atom. The van der Waals surface area contributed by atoms with Crippen molar-refractivity contribution in [2.75, 3.05) is 0 Å². The highest BCUT2D eigenvalue weighted by atomic mass is 35.5. The summed E-state index contributed by atoms with van der Waals surface area (Å²) in [6.45, 7) is 6.71. The van der Waals surface area contributed by atoms with E-state index in [0.717, 1.165) is 29.8 Å². The van der Waals surface area contributed by atoms with Gasteiger partial charge in [-0.2, -0.15) is 0 Å². The van der Waals surface area contributed by atoms with E-state index >= 15 is 0 Å². The normalized spacial score (nSPS) is 28.4. The van der Waals surface area contributed by atoms with Crippen molar-refractivity contribution in [2.24, 2.45) is 11.3 Å². The molecule has 19 heavy (non-hydrogen) atoms. The van der Waals surface area contributed by atoms with Crippen molar-refractivity contribution in [3.63, 3.8) is 0 Å². The molecule has 1 fully saturated rings. The lowest BCUT2D eigenvalue weighted by atomic mass is 9.62. The van der Waals surface area contributed by atoms with Crippen LogP contribution >= 0.6 is 11.6 Å². The highest BCUT2D eigenvalue weighted by Gasteiger charge is 2.44. The molecular weight excluding hydrogens is 256 g/mol. The van der Waals surface area contributed by atoms with Gasteiger partial charge in [-0.05, 0) is 35.8 Å². The maximum atomic E-state index is 11.2. The molecule has 0 spiro atoms. The van der Waals surface area contributed by atoms with Gasteiger partial charge in [-0.3, -0.25) is 0 Å². The van der Waals surface area contributed by atoms with E-state index in [2.05, 4.69) is 20.8 Å². The van der Waals surface area contributed by atoms with Crippen molar-refractivity contribution in [2.45, 2.75) is 58.5 Å². The van der Waals surface area contributed by atoms with Crippen LogP contribution in [0, 0.1) is 11.3 Å². The topological polar surface area (TPSA) is 20.2 Å². The standard InChI is InChI=1S/C17H25ClO/c1-16(2,3)15-10-6-7-11-17(15,19)12-13-8-4-5-9-14(13)18/h4-5,8-9,15,19H,6-7,10-12H2,1-3H3. The van der Waals surface area contributed by atoms with Crippen LogP contribution in [0.5, 0.6) is 0 Å². The van der Waals surface area contributed by atoms with Crippen LogP contribution in [0.15, 0.2) is 24.3 Å². The lowest BCUT2D eigenvalue weighted by molar-refractivity contribution is -0.0889. The highest BCUT2D eigenvalue weighted by molar-refractivity contribution is 6.31. The second-order valence-electron chi connectivity index (χ2n) is 7.04. The molecule has 1 aromatic rings. The zero-order valence-corrected chi connectivity index (χ0v) is 13.0. The van der Waals surface area contributed by atoms with Gasteiger partial charge in [0.25, 0.3) is 0 Å². The first-order chi connectivity index (χ1) is 8.83. The average molecular weight is 281 g/mol. The van der Waals surface area contributed by atoms with Gasteiger partial charge < -0.3 is 5.11 Å². The molecule has 2 rings (SSSR count). The Labute approximate surface area is 122 Å². The fourth-order valence-corrected chi connectivity index (χ4v) is 3.85. The molecule has 1 saturated carbocycles. The molecule has 1 aliphatic rings. The van der Waals surface area contributed by atoms with E-state index in [1.165, 1.54) is 6.42 Å². The van der Waals surface area contributed by atoms with E-state index in [1.54, 1.807) is 0 Å². The van der Waals surface area contributed by atoms with Gasteiger partial charge in [0.2, 0.25) is 0 Å². The van der Waals surface area contributed by atoms with Gasteiger partial charge in [0.15, 0.2) is 0 Å². The molecule has 0 bridgehead atoms. The van der Waals surface area contributed by atoms with Gasteiger partial charge in [0.05, 0.1) is 5.60 Å². The number of hydrogen-bond acceptors (Lipinski definition) is 1. The largest absolute Gasteiger partial charge is 0.389 e. The van der Waals surface area contributed by atoms with Crippen molar-refractivity contribution >= 4 is 11.6 Å². The number of hydrogen-bond donors (Lipinski definition) is 1. The second kappa shape index (κ2) is 5.46. The molecule has 1 aliphatic carbocycles. The van der Waals surface area contributed by atoms with Gasteiger partial charge in [0, 0.05) is 11.4 Å². The van der Waals surface area contributed by atoms with Crippen LogP contribution in [-0.4, -0.2) is 10.7 Å². The molecule has 2 heteroatoms. The molecule has 1 aromatic carbocycles. The first kappa shape index (κ1) is 14.9. The average Bonchev–Trinajstić information content (AvgIpc) is 2.31. The third-order valence-electron chi connectivity index (χ3n) is 4.50. The Kier molecular flexibility index (Phi) is 4.27. The summed E-state index contributed by atoms with van der Waals surface area (Å²) in [6, 6.07) is 7.89. The van der Waals surface area contributed by atoms with Crippen LogP contribution in [0.3, 0.4) is 0 Å². The van der Waals surface area contributed by atoms with Crippen molar-refractivity contribution in [3.05, 3.63) is 34.9 Å². The molecule has 0 aromatic heterocycles. The zero-order chi connectivity index (χ0) is 14.1. The SMILES string of the molecule is CC(C)(C)C1CCCCC1(O)Cc1ccccc1Cl. The molecule has 0 amide bonds. The Bertz CT molecular complexity index is 435. The van der Waals surface area contributed by atoms with Gasteiger partial charge in [-0.25, -0.2) is 0 Å². The van der Waals surface area contributed by atoms with Crippen LogP contribution in [-0.2, 0) is 6.42 Å². The lowest BCUT2D eigenvalue weighted by Crippen LogP contribution is -2.48. The maximum Gasteiger partial charge on any atom is 0.0721 e. The van der Waals surface area contributed by atoms with Crippen LogP contribution in [0.25, 0.3) is 0 Å².